The van der Waals surface area contributed by atoms with Crippen LogP contribution in [0.3, 0.4) is 0 Å². The summed E-state index contributed by atoms with van der Waals surface area (Å²) < 4.78 is 5.23. The highest BCUT2D eigenvalue weighted by Crippen LogP contribution is 2.24. The molecule has 3 heteroatoms. The Morgan fingerprint density at radius 2 is 1.93 bits per heavy atom. The number of benzene rings is 1. The van der Waals surface area contributed by atoms with E-state index in [0.29, 0.717) is 11.4 Å². The van der Waals surface area contributed by atoms with Gasteiger partial charge in [0.25, 0.3) is 0 Å². The fourth-order valence-corrected chi connectivity index (χ4v) is 1.65. The van der Waals surface area contributed by atoms with E-state index < -0.39 is 8.07 Å². The molecular weight excluding hydrogens is 202 g/mol. The second-order valence-corrected chi connectivity index (χ2v) is 9.18. The summed E-state index contributed by atoms with van der Waals surface area (Å²) in [6, 6.07) is 5.65. The molecule has 0 unspecified atom stereocenters. The highest BCUT2D eigenvalue weighted by Gasteiger charge is 2.09. The average molecular weight is 219 g/mol. The van der Waals surface area contributed by atoms with Gasteiger partial charge in [0.2, 0.25) is 0 Å². The highest BCUT2D eigenvalue weighted by atomic mass is 28.3. The Balaban J connectivity index is 3.14. The molecule has 1 aromatic rings. The summed E-state index contributed by atoms with van der Waals surface area (Å²) in [6.07, 6.45) is 0. The topological polar surface area (TPSA) is 35.2 Å². The number of ether oxygens (including phenoxy) is 1. The van der Waals surface area contributed by atoms with Crippen LogP contribution in [0.2, 0.25) is 19.6 Å². The maximum atomic E-state index is 5.79. The molecular formula is C12H17NOSi. The van der Waals surface area contributed by atoms with Gasteiger partial charge in [0.1, 0.15) is 8.07 Å². The zero-order chi connectivity index (χ0) is 11.5. The fraction of sp³-hybridized carbons (Fsp3) is 0.333. The van der Waals surface area contributed by atoms with Gasteiger partial charge < -0.3 is 10.5 Å². The lowest BCUT2D eigenvalue weighted by molar-refractivity contribution is 0.416. The molecule has 0 fully saturated rings. The molecule has 80 valence electrons. The first kappa shape index (κ1) is 11.7. The maximum absolute atomic E-state index is 5.79. The smallest absolute Gasteiger partial charge is 0.157 e. The average Bonchev–Trinajstić information content (AvgIpc) is 2.13. The Labute approximate surface area is 92.5 Å². The van der Waals surface area contributed by atoms with Gasteiger partial charge in [-0.15, -0.1) is 5.54 Å². The van der Waals surface area contributed by atoms with Crippen LogP contribution in [0.5, 0.6) is 5.75 Å². The van der Waals surface area contributed by atoms with Crippen LogP contribution in [0.15, 0.2) is 18.2 Å². The molecule has 15 heavy (non-hydrogen) atoms. The molecule has 0 heterocycles. The molecule has 0 amide bonds. The van der Waals surface area contributed by atoms with E-state index in [1.54, 1.807) is 7.11 Å². The van der Waals surface area contributed by atoms with Crippen LogP contribution >= 0.6 is 0 Å². The molecule has 0 aliphatic rings. The monoisotopic (exact) mass is 219 g/mol. The van der Waals surface area contributed by atoms with E-state index in [4.69, 9.17) is 10.5 Å². The van der Waals surface area contributed by atoms with Gasteiger partial charge in [-0.25, -0.2) is 0 Å². The molecule has 0 aliphatic carbocycles. The van der Waals surface area contributed by atoms with Crippen LogP contribution < -0.4 is 10.5 Å². The molecule has 2 nitrogen and oxygen atoms in total. The first-order valence-corrected chi connectivity index (χ1v) is 8.40. The van der Waals surface area contributed by atoms with E-state index in [1.165, 1.54) is 0 Å². The second kappa shape index (κ2) is 4.41. The van der Waals surface area contributed by atoms with Crippen molar-refractivity contribution >= 4 is 13.8 Å². The van der Waals surface area contributed by atoms with Crippen molar-refractivity contribution in [3.05, 3.63) is 23.8 Å². The van der Waals surface area contributed by atoms with Crippen LogP contribution in [0.4, 0.5) is 5.69 Å². The molecule has 0 saturated heterocycles. The predicted molar refractivity (Wildman–Crippen MR) is 67.6 cm³/mol. The van der Waals surface area contributed by atoms with E-state index in [9.17, 15) is 0 Å². The van der Waals surface area contributed by atoms with Crippen molar-refractivity contribution in [3.8, 4) is 17.2 Å². The third-order valence-electron chi connectivity index (χ3n) is 1.82. The third-order valence-corrected chi connectivity index (χ3v) is 2.70. The third kappa shape index (κ3) is 3.33. The van der Waals surface area contributed by atoms with E-state index in [1.807, 2.05) is 18.2 Å². The quantitative estimate of drug-likeness (QED) is 0.447. The molecule has 0 radical (unpaired) electrons. The van der Waals surface area contributed by atoms with Gasteiger partial charge >= 0.3 is 0 Å². The molecule has 2 N–H and O–H groups in total. The lowest BCUT2D eigenvalue weighted by Crippen LogP contribution is -2.16. The lowest BCUT2D eigenvalue weighted by atomic mass is 10.2. The van der Waals surface area contributed by atoms with Crippen molar-refractivity contribution in [1.82, 2.24) is 0 Å². The first-order valence-electron chi connectivity index (χ1n) is 4.90. The Kier molecular flexibility index (Phi) is 3.43. The highest BCUT2D eigenvalue weighted by molar-refractivity contribution is 6.83. The summed E-state index contributed by atoms with van der Waals surface area (Å²) in [5.74, 6) is 3.84. The second-order valence-electron chi connectivity index (χ2n) is 4.43. The molecule has 0 spiro atoms. The molecule has 0 aliphatic heterocycles. The van der Waals surface area contributed by atoms with Crippen LogP contribution in [-0.2, 0) is 0 Å². The van der Waals surface area contributed by atoms with Gasteiger partial charge in [0.15, 0.2) is 5.75 Å². The number of nitrogen functional groups attached to an aromatic ring is 1. The summed E-state index contributed by atoms with van der Waals surface area (Å²) >= 11 is 0. The van der Waals surface area contributed by atoms with Crippen molar-refractivity contribution in [2.24, 2.45) is 0 Å². The van der Waals surface area contributed by atoms with Gasteiger partial charge in [-0.05, 0) is 12.1 Å². The Hall–Kier alpha value is -1.40. The van der Waals surface area contributed by atoms with Crippen molar-refractivity contribution in [1.29, 1.82) is 0 Å². The van der Waals surface area contributed by atoms with Crippen LogP contribution in [0.25, 0.3) is 0 Å². The predicted octanol–water partition coefficient (Wildman–Crippen LogP) is 2.51. The van der Waals surface area contributed by atoms with E-state index >= 15 is 0 Å². The van der Waals surface area contributed by atoms with Crippen molar-refractivity contribution in [2.45, 2.75) is 19.6 Å². The number of rotatable bonds is 1. The van der Waals surface area contributed by atoms with E-state index in [2.05, 4.69) is 31.1 Å². The lowest BCUT2D eigenvalue weighted by Gasteiger charge is -2.07. The largest absolute Gasteiger partial charge is 0.493 e. The van der Waals surface area contributed by atoms with Gasteiger partial charge in [-0.1, -0.05) is 31.6 Å². The van der Waals surface area contributed by atoms with E-state index in [-0.39, 0.29) is 0 Å². The fourth-order valence-electron chi connectivity index (χ4n) is 1.14. The number of hydrogen-bond acceptors (Lipinski definition) is 2. The number of hydrogen-bond donors (Lipinski definition) is 1. The summed E-state index contributed by atoms with van der Waals surface area (Å²) in [6.45, 7) is 6.62. The zero-order valence-corrected chi connectivity index (χ0v) is 10.7. The van der Waals surface area contributed by atoms with Gasteiger partial charge in [0, 0.05) is 0 Å². The van der Waals surface area contributed by atoms with Gasteiger partial charge in [0.05, 0.1) is 18.4 Å². The number of para-hydroxylation sites is 1. The van der Waals surface area contributed by atoms with Crippen LogP contribution in [-0.4, -0.2) is 15.2 Å². The molecule has 0 aromatic heterocycles. The van der Waals surface area contributed by atoms with Gasteiger partial charge in [-0.2, -0.15) is 0 Å². The summed E-state index contributed by atoms with van der Waals surface area (Å²) in [5, 5.41) is 0. The summed E-state index contributed by atoms with van der Waals surface area (Å²) in [7, 11) is 0.266. The number of methoxy groups -OCH3 is 1. The Bertz CT molecular complexity index is 410. The van der Waals surface area contributed by atoms with Gasteiger partial charge in [-0.3, -0.25) is 0 Å². The molecule has 1 rings (SSSR count). The summed E-state index contributed by atoms with van der Waals surface area (Å²) in [4.78, 5) is 0. The Morgan fingerprint density at radius 1 is 1.27 bits per heavy atom. The summed E-state index contributed by atoms with van der Waals surface area (Å²) in [5.41, 5.74) is 10.6. The van der Waals surface area contributed by atoms with E-state index in [0.717, 1.165) is 5.56 Å². The minimum Gasteiger partial charge on any atom is -0.493 e. The maximum Gasteiger partial charge on any atom is 0.157 e. The first-order chi connectivity index (χ1) is 6.94. The SMILES string of the molecule is COc1c(N)cccc1C#C[Si](C)(C)C. The van der Waals surface area contributed by atoms with Crippen molar-refractivity contribution in [2.75, 3.05) is 12.8 Å². The Morgan fingerprint density at radius 3 is 2.47 bits per heavy atom. The minimum atomic E-state index is -1.35. The van der Waals surface area contributed by atoms with Crippen LogP contribution in [0.1, 0.15) is 5.56 Å². The molecule has 0 bridgehead atoms. The molecule has 0 saturated carbocycles. The molecule has 1 aromatic carbocycles. The zero-order valence-electron chi connectivity index (χ0n) is 9.72. The van der Waals surface area contributed by atoms with Crippen molar-refractivity contribution in [3.63, 3.8) is 0 Å². The van der Waals surface area contributed by atoms with Crippen molar-refractivity contribution < 1.29 is 4.74 Å². The standard InChI is InChI=1S/C12H17NOSi/c1-14-12-10(6-5-7-11(12)13)8-9-15(2,3)4/h5-7H,13H2,1-4H3. The normalized spacial score (nSPS) is 10.4. The number of nitrogens with two attached hydrogens (primary N) is 1. The number of anilines is 1. The molecule has 0 atom stereocenters. The van der Waals surface area contributed by atoms with Crippen LogP contribution in [0, 0.1) is 11.5 Å². The minimum absolute atomic E-state index is 0.639.